The molecule has 13 heteroatoms. The maximum Gasteiger partial charge on any atom is 0.416 e. The normalized spacial score (nSPS) is 12.2. The van der Waals surface area contributed by atoms with Crippen LogP contribution in [0.5, 0.6) is 0 Å². The molecule has 2 aromatic heterocycles. The van der Waals surface area contributed by atoms with E-state index in [1.165, 1.54) is 42.3 Å². The van der Waals surface area contributed by atoms with Gasteiger partial charge in [0.15, 0.2) is 0 Å². The van der Waals surface area contributed by atoms with Gasteiger partial charge in [-0.25, -0.2) is 18.2 Å². The van der Waals surface area contributed by atoms with Crippen molar-refractivity contribution >= 4 is 22.8 Å². The molecule has 0 fully saturated rings. The standard InChI is InChI=1S/C31H23F6N5O2/c1-38-30(44)23-12-18(4-6-24(23)34)22-3-2-8-39-29(22)26(11-17-9-20(32)14-21(33)10-17)41-28(43)15-42-16-40-25-7-5-19(13-27(25)42)31(35,36)37/h2-10,12-14,16,26H,11,15H2,1H3,(H,38,44)(H,41,43)/t26-/m0/s1. The third kappa shape index (κ3) is 6.56. The van der Waals surface area contributed by atoms with E-state index in [1.807, 2.05) is 0 Å². The summed E-state index contributed by atoms with van der Waals surface area (Å²) in [5.41, 5.74) is 0.343. The van der Waals surface area contributed by atoms with Crippen molar-refractivity contribution in [1.29, 1.82) is 0 Å². The minimum Gasteiger partial charge on any atom is -0.355 e. The number of carbonyl (C=O) groups is 2. The van der Waals surface area contributed by atoms with Gasteiger partial charge in [-0.2, -0.15) is 13.2 Å². The van der Waals surface area contributed by atoms with Gasteiger partial charge in [-0.3, -0.25) is 14.6 Å². The molecule has 2 amide bonds. The van der Waals surface area contributed by atoms with Crippen molar-refractivity contribution in [2.75, 3.05) is 7.05 Å². The zero-order chi connectivity index (χ0) is 31.6. The first-order valence-corrected chi connectivity index (χ1v) is 13.2. The highest BCUT2D eigenvalue weighted by atomic mass is 19.4. The zero-order valence-corrected chi connectivity index (χ0v) is 22.9. The molecule has 0 saturated carbocycles. The number of hydrogen-bond acceptors (Lipinski definition) is 4. The molecule has 0 unspecified atom stereocenters. The Labute approximate surface area is 246 Å². The second-order valence-corrected chi connectivity index (χ2v) is 9.89. The number of nitrogens with one attached hydrogen (secondary N) is 2. The molecule has 0 aliphatic carbocycles. The SMILES string of the molecule is CNC(=O)c1cc(-c2cccnc2[C@H](Cc2cc(F)cc(F)c2)NC(=O)Cn2cnc3ccc(C(F)(F)F)cc32)ccc1F. The van der Waals surface area contributed by atoms with Crippen molar-refractivity contribution in [2.45, 2.75) is 25.2 Å². The smallest absolute Gasteiger partial charge is 0.355 e. The molecule has 7 nitrogen and oxygen atoms in total. The van der Waals surface area contributed by atoms with Gasteiger partial charge < -0.3 is 15.2 Å². The molecule has 0 spiro atoms. The number of halogens is 6. The van der Waals surface area contributed by atoms with Gasteiger partial charge in [0.1, 0.15) is 24.0 Å². The number of amides is 2. The average molecular weight is 612 g/mol. The maximum atomic E-state index is 14.4. The Kier molecular flexibility index (Phi) is 8.39. The molecule has 5 aromatic rings. The van der Waals surface area contributed by atoms with E-state index in [-0.39, 0.29) is 34.3 Å². The fourth-order valence-corrected chi connectivity index (χ4v) is 4.88. The summed E-state index contributed by atoms with van der Waals surface area (Å²) in [6.45, 7) is -0.439. The number of nitrogens with zero attached hydrogens (tertiary/aromatic N) is 3. The fraction of sp³-hybridized carbons (Fsp3) is 0.161. The number of imidazole rings is 1. The molecule has 44 heavy (non-hydrogen) atoms. The van der Waals surface area contributed by atoms with Gasteiger partial charge in [-0.1, -0.05) is 12.1 Å². The summed E-state index contributed by atoms with van der Waals surface area (Å²) in [7, 11) is 1.35. The van der Waals surface area contributed by atoms with E-state index in [9.17, 15) is 35.9 Å². The molecular formula is C31H23F6N5O2. The van der Waals surface area contributed by atoms with Crippen LogP contribution < -0.4 is 10.6 Å². The molecule has 2 N–H and O–H groups in total. The zero-order valence-electron chi connectivity index (χ0n) is 22.9. The van der Waals surface area contributed by atoms with E-state index in [0.717, 1.165) is 30.3 Å². The van der Waals surface area contributed by atoms with E-state index >= 15 is 0 Å². The van der Waals surface area contributed by atoms with E-state index in [0.29, 0.717) is 17.2 Å². The average Bonchev–Trinajstić information content (AvgIpc) is 3.37. The Morgan fingerprint density at radius 3 is 2.39 bits per heavy atom. The highest BCUT2D eigenvalue weighted by molar-refractivity contribution is 5.95. The van der Waals surface area contributed by atoms with Crippen LogP contribution in [0.1, 0.15) is 33.2 Å². The van der Waals surface area contributed by atoms with Crippen LogP contribution >= 0.6 is 0 Å². The molecule has 1 atom stereocenters. The molecule has 0 aliphatic rings. The summed E-state index contributed by atoms with van der Waals surface area (Å²) in [6.07, 6.45) is -2.09. The Morgan fingerprint density at radius 1 is 0.932 bits per heavy atom. The summed E-state index contributed by atoms with van der Waals surface area (Å²) in [4.78, 5) is 34.1. The van der Waals surface area contributed by atoms with Gasteiger partial charge >= 0.3 is 6.18 Å². The Morgan fingerprint density at radius 2 is 1.68 bits per heavy atom. The lowest BCUT2D eigenvalue weighted by atomic mass is 9.94. The highest BCUT2D eigenvalue weighted by Gasteiger charge is 2.31. The number of fused-ring (bicyclic) bond motifs is 1. The van der Waals surface area contributed by atoms with Crippen molar-refractivity contribution < 1.29 is 35.9 Å². The van der Waals surface area contributed by atoms with Gasteiger partial charge in [0.05, 0.1) is 40.2 Å². The van der Waals surface area contributed by atoms with Crippen LogP contribution in [0.3, 0.4) is 0 Å². The molecular weight excluding hydrogens is 588 g/mol. The molecule has 0 aliphatic heterocycles. The van der Waals surface area contributed by atoms with Crippen LogP contribution in [0.25, 0.3) is 22.2 Å². The molecule has 0 bridgehead atoms. The quantitative estimate of drug-likeness (QED) is 0.211. The summed E-state index contributed by atoms with van der Waals surface area (Å²) >= 11 is 0. The summed E-state index contributed by atoms with van der Waals surface area (Å²) in [5, 5.41) is 5.13. The van der Waals surface area contributed by atoms with Crippen molar-refractivity contribution in [3.63, 3.8) is 0 Å². The van der Waals surface area contributed by atoms with Crippen molar-refractivity contribution in [3.8, 4) is 11.1 Å². The number of carbonyl (C=O) groups excluding carboxylic acids is 2. The number of benzene rings is 3. The molecule has 3 aromatic carbocycles. The Balaban J connectivity index is 1.52. The van der Waals surface area contributed by atoms with E-state index in [1.54, 1.807) is 12.1 Å². The number of rotatable bonds is 8. The van der Waals surface area contributed by atoms with Crippen LogP contribution in [0.15, 0.2) is 79.3 Å². The number of aromatic nitrogens is 3. The van der Waals surface area contributed by atoms with Gasteiger partial charge in [-0.15, -0.1) is 0 Å². The summed E-state index contributed by atoms with van der Waals surface area (Å²) in [6, 6.07) is 11.9. The Bertz CT molecular complexity index is 1850. The minimum absolute atomic E-state index is 0.0743. The molecule has 0 saturated heterocycles. The summed E-state index contributed by atoms with van der Waals surface area (Å²) in [5.74, 6) is -3.78. The minimum atomic E-state index is -4.61. The third-order valence-corrected chi connectivity index (χ3v) is 6.88. The first-order chi connectivity index (χ1) is 20.9. The molecule has 0 radical (unpaired) electrons. The molecule has 2 heterocycles. The van der Waals surface area contributed by atoms with Crippen LogP contribution in [0.2, 0.25) is 0 Å². The van der Waals surface area contributed by atoms with Crippen LogP contribution in [0, 0.1) is 17.5 Å². The van der Waals surface area contributed by atoms with Crippen LogP contribution in [0.4, 0.5) is 26.3 Å². The number of hydrogen-bond donors (Lipinski definition) is 2. The van der Waals surface area contributed by atoms with Crippen LogP contribution in [-0.4, -0.2) is 33.4 Å². The van der Waals surface area contributed by atoms with Crippen LogP contribution in [-0.2, 0) is 23.9 Å². The summed E-state index contributed by atoms with van der Waals surface area (Å²) < 4.78 is 83.8. The predicted molar refractivity (Wildman–Crippen MR) is 149 cm³/mol. The monoisotopic (exact) mass is 611 g/mol. The maximum absolute atomic E-state index is 14.4. The van der Waals surface area contributed by atoms with Gasteiger partial charge in [-0.05, 0) is 66.1 Å². The fourth-order valence-electron chi connectivity index (χ4n) is 4.88. The first kappa shape index (κ1) is 30.3. The van der Waals surface area contributed by atoms with Crippen molar-refractivity contribution in [2.24, 2.45) is 0 Å². The lowest BCUT2D eigenvalue weighted by molar-refractivity contribution is -0.137. The largest absolute Gasteiger partial charge is 0.416 e. The lowest BCUT2D eigenvalue weighted by Gasteiger charge is -2.22. The van der Waals surface area contributed by atoms with Crippen molar-refractivity contribution in [3.05, 3.63) is 119 Å². The van der Waals surface area contributed by atoms with Gasteiger partial charge in [0.2, 0.25) is 5.91 Å². The molecule has 226 valence electrons. The van der Waals surface area contributed by atoms with E-state index < -0.39 is 53.6 Å². The topological polar surface area (TPSA) is 88.9 Å². The second-order valence-electron chi connectivity index (χ2n) is 9.89. The van der Waals surface area contributed by atoms with E-state index in [4.69, 9.17) is 0 Å². The van der Waals surface area contributed by atoms with E-state index in [2.05, 4.69) is 20.6 Å². The predicted octanol–water partition coefficient (Wildman–Crippen LogP) is 5.99. The first-order valence-electron chi connectivity index (χ1n) is 13.2. The van der Waals surface area contributed by atoms with Gasteiger partial charge in [0, 0.05) is 24.9 Å². The van der Waals surface area contributed by atoms with Gasteiger partial charge in [0.25, 0.3) is 5.91 Å². The number of pyridine rings is 1. The van der Waals surface area contributed by atoms with Crippen molar-refractivity contribution in [1.82, 2.24) is 25.2 Å². The third-order valence-electron chi connectivity index (χ3n) is 6.88. The second kappa shape index (κ2) is 12.2. The molecule has 5 rings (SSSR count). The lowest BCUT2D eigenvalue weighted by Crippen LogP contribution is -2.33. The number of alkyl halides is 3. The highest BCUT2D eigenvalue weighted by Crippen LogP contribution is 2.32. The Hall–Kier alpha value is -5.20.